The van der Waals surface area contributed by atoms with Crippen LogP contribution in [0, 0.1) is 5.92 Å². The largest absolute Gasteiger partial charge is 0.497 e. The number of nitrogens with one attached hydrogen (secondary N) is 1. The van der Waals surface area contributed by atoms with Gasteiger partial charge >= 0.3 is 0 Å². The van der Waals surface area contributed by atoms with Gasteiger partial charge in [0.1, 0.15) is 17.5 Å². The van der Waals surface area contributed by atoms with Crippen LogP contribution in [0.25, 0.3) is 11.0 Å². The molecule has 4 aromatic rings. The Morgan fingerprint density at radius 1 is 1.19 bits per heavy atom. The van der Waals surface area contributed by atoms with E-state index in [1.54, 1.807) is 33.4 Å². The SMILES string of the molecule is COc1cccc(N2CC(C(=O)NCCn3ncc4c(=O)n(Cc5ccc(Br)cc5)cnc43)CC2=O)c1. The fourth-order valence-corrected chi connectivity index (χ4v) is 4.67. The van der Waals surface area contributed by atoms with Gasteiger partial charge in [-0.15, -0.1) is 0 Å². The molecule has 1 N–H and O–H groups in total. The quantitative estimate of drug-likeness (QED) is 0.352. The summed E-state index contributed by atoms with van der Waals surface area (Å²) in [4.78, 5) is 44.3. The van der Waals surface area contributed by atoms with Crippen LogP contribution in [0.4, 0.5) is 5.69 Å². The van der Waals surface area contributed by atoms with E-state index >= 15 is 0 Å². The fourth-order valence-electron chi connectivity index (χ4n) is 4.40. The number of hydrogen-bond donors (Lipinski definition) is 1. The van der Waals surface area contributed by atoms with Gasteiger partial charge in [-0.25, -0.2) is 9.67 Å². The topological polar surface area (TPSA) is 111 Å². The maximum Gasteiger partial charge on any atom is 0.264 e. The number of ether oxygens (including phenoxy) is 1. The molecule has 1 atom stereocenters. The molecule has 3 heterocycles. The molecule has 0 spiro atoms. The van der Waals surface area contributed by atoms with Gasteiger partial charge in [0.25, 0.3) is 5.56 Å². The van der Waals surface area contributed by atoms with Crippen molar-refractivity contribution >= 4 is 44.5 Å². The van der Waals surface area contributed by atoms with Crippen molar-refractivity contribution in [3.63, 3.8) is 0 Å². The van der Waals surface area contributed by atoms with Crippen LogP contribution in [-0.2, 0) is 22.7 Å². The first-order valence-corrected chi connectivity index (χ1v) is 12.6. The summed E-state index contributed by atoms with van der Waals surface area (Å²) in [5.41, 5.74) is 1.98. The highest BCUT2D eigenvalue weighted by Crippen LogP contribution is 2.28. The molecule has 0 saturated carbocycles. The number of nitrogens with zero attached hydrogens (tertiary/aromatic N) is 5. The molecule has 2 aromatic heterocycles. The third-order valence-electron chi connectivity index (χ3n) is 6.37. The molecule has 0 radical (unpaired) electrons. The molecule has 1 aliphatic rings. The van der Waals surface area contributed by atoms with Crippen LogP contribution in [0.15, 0.2) is 70.3 Å². The van der Waals surface area contributed by atoms with Gasteiger partial charge in [-0.3, -0.25) is 19.0 Å². The van der Waals surface area contributed by atoms with E-state index in [4.69, 9.17) is 4.74 Å². The Morgan fingerprint density at radius 3 is 2.78 bits per heavy atom. The van der Waals surface area contributed by atoms with Gasteiger partial charge in [0.2, 0.25) is 11.8 Å². The smallest absolute Gasteiger partial charge is 0.264 e. The standard InChI is InChI=1S/C26H25BrN6O4/c1-37-21-4-2-3-20(12-21)32-15-18(11-23(32)34)25(35)28-9-10-33-24-22(13-30-33)26(36)31(16-29-24)14-17-5-7-19(27)8-6-17/h2-8,12-13,16,18H,9-11,14-15H2,1H3,(H,28,35). The number of methoxy groups -OCH3 is 1. The normalized spacial score (nSPS) is 15.4. The molecule has 1 saturated heterocycles. The van der Waals surface area contributed by atoms with Crippen LogP contribution in [0.1, 0.15) is 12.0 Å². The maximum atomic E-state index is 12.9. The minimum absolute atomic E-state index is 0.102. The molecule has 0 bridgehead atoms. The van der Waals surface area contributed by atoms with Crippen LogP contribution < -0.4 is 20.5 Å². The van der Waals surface area contributed by atoms with E-state index in [1.807, 2.05) is 36.4 Å². The lowest BCUT2D eigenvalue weighted by molar-refractivity contribution is -0.126. The van der Waals surface area contributed by atoms with E-state index in [2.05, 4.69) is 31.3 Å². The molecule has 1 aliphatic heterocycles. The summed E-state index contributed by atoms with van der Waals surface area (Å²) in [5.74, 6) is -0.0922. The first-order valence-electron chi connectivity index (χ1n) is 11.8. The highest BCUT2D eigenvalue weighted by Gasteiger charge is 2.35. The zero-order valence-electron chi connectivity index (χ0n) is 20.1. The third kappa shape index (κ3) is 5.26. The first kappa shape index (κ1) is 24.7. The van der Waals surface area contributed by atoms with E-state index in [9.17, 15) is 14.4 Å². The van der Waals surface area contributed by atoms with Crippen LogP contribution in [0.5, 0.6) is 5.75 Å². The lowest BCUT2D eigenvalue weighted by Crippen LogP contribution is -2.35. The highest BCUT2D eigenvalue weighted by atomic mass is 79.9. The average molecular weight is 565 g/mol. The number of anilines is 1. The van der Waals surface area contributed by atoms with Gasteiger partial charge in [-0.2, -0.15) is 5.10 Å². The first-order chi connectivity index (χ1) is 17.9. The van der Waals surface area contributed by atoms with Crippen molar-refractivity contribution in [2.24, 2.45) is 5.92 Å². The van der Waals surface area contributed by atoms with Crippen molar-refractivity contribution < 1.29 is 14.3 Å². The number of benzene rings is 2. The van der Waals surface area contributed by atoms with Crippen molar-refractivity contribution in [2.75, 3.05) is 25.1 Å². The maximum absolute atomic E-state index is 12.9. The van der Waals surface area contributed by atoms with E-state index in [0.717, 1.165) is 10.0 Å². The summed E-state index contributed by atoms with van der Waals surface area (Å²) in [6.45, 7) is 1.35. The fraction of sp³-hybridized carbons (Fsp3) is 0.269. The molecular weight excluding hydrogens is 540 g/mol. The van der Waals surface area contributed by atoms with Crippen molar-refractivity contribution in [3.8, 4) is 5.75 Å². The van der Waals surface area contributed by atoms with Crippen LogP contribution in [0.2, 0.25) is 0 Å². The molecule has 1 fully saturated rings. The molecule has 11 heteroatoms. The summed E-state index contributed by atoms with van der Waals surface area (Å²) in [6, 6.07) is 15.0. The second kappa shape index (κ2) is 10.6. The second-order valence-electron chi connectivity index (χ2n) is 8.81. The molecule has 37 heavy (non-hydrogen) atoms. The lowest BCUT2D eigenvalue weighted by atomic mass is 10.1. The van der Waals surface area contributed by atoms with E-state index in [0.29, 0.717) is 48.6 Å². The Hall–Kier alpha value is -3.99. The number of aromatic nitrogens is 4. The van der Waals surface area contributed by atoms with Gasteiger partial charge in [0.05, 0.1) is 32.3 Å². The summed E-state index contributed by atoms with van der Waals surface area (Å²) in [7, 11) is 1.57. The summed E-state index contributed by atoms with van der Waals surface area (Å²) in [6.07, 6.45) is 3.17. The van der Waals surface area contributed by atoms with Crippen LogP contribution >= 0.6 is 15.9 Å². The summed E-state index contributed by atoms with van der Waals surface area (Å²) >= 11 is 3.41. The molecule has 0 aliphatic carbocycles. The van der Waals surface area contributed by atoms with Crippen molar-refractivity contribution in [1.29, 1.82) is 0 Å². The minimum atomic E-state index is -0.447. The zero-order chi connectivity index (χ0) is 25.9. The molecular formula is C26H25BrN6O4. The number of halogens is 1. The molecule has 2 aromatic carbocycles. The van der Waals surface area contributed by atoms with Crippen molar-refractivity contribution in [1.82, 2.24) is 24.6 Å². The zero-order valence-corrected chi connectivity index (χ0v) is 21.7. The third-order valence-corrected chi connectivity index (χ3v) is 6.90. The van der Waals surface area contributed by atoms with Crippen LogP contribution in [0.3, 0.4) is 0 Å². The Kier molecular flexibility index (Phi) is 7.04. The number of hydrogen-bond acceptors (Lipinski definition) is 6. The number of amides is 2. The number of carbonyl (C=O) groups is 2. The van der Waals surface area contributed by atoms with E-state index < -0.39 is 5.92 Å². The second-order valence-corrected chi connectivity index (χ2v) is 9.72. The number of fused-ring (bicyclic) bond motifs is 1. The van der Waals surface area contributed by atoms with E-state index in [1.165, 1.54) is 12.5 Å². The Labute approximate surface area is 221 Å². The predicted molar refractivity (Wildman–Crippen MR) is 141 cm³/mol. The molecule has 5 rings (SSSR count). The number of rotatable bonds is 8. The van der Waals surface area contributed by atoms with Gasteiger partial charge in [-0.05, 0) is 29.8 Å². The van der Waals surface area contributed by atoms with Crippen LogP contribution in [-0.4, -0.2) is 51.3 Å². The summed E-state index contributed by atoms with van der Waals surface area (Å²) in [5, 5.41) is 7.60. The van der Waals surface area contributed by atoms with Crippen molar-refractivity contribution in [3.05, 3.63) is 81.4 Å². The molecule has 1 unspecified atom stereocenters. The Bertz CT molecular complexity index is 1510. The molecule has 190 valence electrons. The minimum Gasteiger partial charge on any atom is -0.497 e. The van der Waals surface area contributed by atoms with Crippen molar-refractivity contribution in [2.45, 2.75) is 19.5 Å². The predicted octanol–water partition coefficient (Wildman–Crippen LogP) is 2.58. The van der Waals surface area contributed by atoms with Gasteiger partial charge in [0.15, 0.2) is 5.65 Å². The number of carbonyl (C=O) groups excluding carboxylic acids is 2. The molecule has 10 nitrogen and oxygen atoms in total. The Morgan fingerprint density at radius 2 is 2.00 bits per heavy atom. The van der Waals surface area contributed by atoms with E-state index in [-0.39, 0.29) is 23.8 Å². The van der Waals surface area contributed by atoms with Gasteiger partial charge in [-0.1, -0.05) is 34.1 Å². The lowest BCUT2D eigenvalue weighted by Gasteiger charge is -2.17. The monoisotopic (exact) mass is 564 g/mol. The van der Waals surface area contributed by atoms with Gasteiger partial charge in [0, 0.05) is 35.7 Å². The Balaban J connectivity index is 1.19. The summed E-state index contributed by atoms with van der Waals surface area (Å²) < 4.78 is 9.35. The van der Waals surface area contributed by atoms with Gasteiger partial charge < -0.3 is 15.0 Å². The highest BCUT2D eigenvalue weighted by molar-refractivity contribution is 9.10. The molecule has 2 amide bonds. The average Bonchev–Trinajstić information content (AvgIpc) is 3.51.